The predicted octanol–water partition coefficient (Wildman–Crippen LogP) is 5.54. The summed E-state index contributed by atoms with van der Waals surface area (Å²) in [4.78, 5) is 24.0. The number of sulfonamides is 1. The monoisotopic (exact) mass is 583 g/mol. The summed E-state index contributed by atoms with van der Waals surface area (Å²) in [6, 6.07) is 17.4. The molecule has 0 spiro atoms. The van der Waals surface area contributed by atoms with Crippen molar-refractivity contribution in [3.63, 3.8) is 0 Å². The molecule has 178 valence electrons. The SMILES string of the molecule is CC(=O)Nc1ccc(NC(=O)CN(Cc2ccc(Cl)c(Cl)c2)S(=O)(=O)c2ccc(Br)cc2)cc1. The third-order valence-corrected chi connectivity index (χ3v) is 7.68. The van der Waals surface area contributed by atoms with Crippen LogP contribution in [0.1, 0.15) is 12.5 Å². The maximum absolute atomic E-state index is 13.4. The van der Waals surface area contributed by atoms with Gasteiger partial charge in [0.1, 0.15) is 0 Å². The molecule has 0 saturated carbocycles. The van der Waals surface area contributed by atoms with Crippen LogP contribution < -0.4 is 10.6 Å². The molecular formula is C23H20BrCl2N3O4S. The molecule has 0 aromatic heterocycles. The lowest BCUT2D eigenvalue weighted by atomic mass is 10.2. The zero-order valence-electron chi connectivity index (χ0n) is 17.9. The van der Waals surface area contributed by atoms with Crippen molar-refractivity contribution in [3.05, 3.63) is 86.8 Å². The lowest BCUT2D eigenvalue weighted by molar-refractivity contribution is -0.116. The van der Waals surface area contributed by atoms with Crippen molar-refractivity contribution < 1.29 is 18.0 Å². The van der Waals surface area contributed by atoms with E-state index in [1.54, 1.807) is 54.6 Å². The molecule has 0 aliphatic rings. The van der Waals surface area contributed by atoms with Crippen molar-refractivity contribution >= 4 is 72.3 Å². The fourth-order valence-corrected chi connectivity index (χ4v) is 4.99. The van der Waals surface area contributed by atoms with Gasteiger partial charge in [-0.15, -0.1) is 0 Å². The van der Waals surface area contributed by atoms with E-state index in [9.17, 15) is 18.0 Å². The van der Waals surface area contributed by atoms with Gasteiger partial charge in [-0.1, -0.05) is 45.2 Å². The number of nitrogens with zero attached hydrogens (tertiary/aromatic N) is 1. The first-order valence-electron chi connectivity index (χ1n) is 9.92. The Morgan fingerprint density at radius 3 is 2.03 bits per heavy atom. The molecule has 0 radical (unpaired) electrons. The van der Waals surface area contributed by atoms with Gasteiger partial charge in [0.2, 0.25) is 21.8 Å². The van der Waals surface area contributed by atoms with E-state index in [1.165, 1.54) is 19.1 Å². The smallest absolute Gasteiger partial charge is 0.243 e. The molecule has 3 rings (SSSR count). The number of anilines is 2. The summed E-state index contributed by atoms with van der Waals surface area (Å²) in [7, 11) is -4.02. The number of hydrogen-bond donors (Lipinski definition) is 2. The second kappa shape index (κ2) is 11.3. The van der Waals surface area contributed by atoms with Crippen LogP contribution in [0.25, 0.3) is 0 Å². The molecule has 0 unspecified atom stereocenters. The van der Waals surface area contributed by atoms with Crippen LogP contribution in [-0.2, 0) is 26.2 Å². The van der Waals surface area contributed by atoms with E-state index < -0.39 is 22.5 Å². The normalized spacial score (nSPS) is 11.3. The van der Waals surface area contributed by atoms with Gasteiger partial charge in [-0.05, 0) is 66.2 Å². The Kier molecular flexibility index (Phi) is 8.72. The first-order valence-corrected chi connectivity index (χ1v) is 12.9. The van der Waals surface area contributed by atoms with Crippen molar-refractivity contribution in [3.8, 4) is 0 Å². The molecule has 0 saturated heterocycles. The minimum atomic E-state index is -4.02. The van der Waals surface area contributed by atoms with Crippen molar-refractivity contribution in [2.75, 3.05) is 17.2 Å². The van der Waals surface area contributed by atoms with Crippen LogP contribution in [0.4, 0.5) is 11.4 Å². The van der Waals surface area contributed by atoms with Gasteiger partial charge in [-0.3, -0.25) is 9.59 Å². The molecule has 0 fully saturated rings. The summed E-state index contributed by atoms with van der Waals surface area (Å²) < 4.78 is 28.5. The van der Waals surface area contributed by atoms with E-state index in [0.29, 0.717) is 22.0 Å². The van der Waals surface area contributed by atoms with Crippen LogP contribution >= 0.6 is 39.1 Å². The lowest BCUT2D eigenvalue weighted by Gasteiger charge is -2.22. The van der Waals surface area contributed by atoms with Gasteiger partial charge in [0.15, 0.2) is 0 Å². The molecule has 11 heteroatoms. The molecule has 0 bridgehead atoms. The molecule has 2 N–H and O–H groups in total. The van der Waals surface area contributed by atoms with Gasteiger partial charge in [-0.2, -0.15) is 4.31 Å². The van der Waals surface area contributed by atoms with E-state index in [0.717, 1.165) is 8.78 Å². The van der Waals surface area contributed by atoms with E-state index >= 15 is 0 Å². The molecule has 3 aromatic rings. The number of rotatable bonds is 8. The van der Waals surface area contributed by atoms with Gasteiger partial charge in [-0.25, -0.2) is 8.42 Å². The fraction of sp³-hybridized carbons (Fsp3) is 0.130. The highest BCUT2D eigenvalue weighted by Crippen LogP contribution is 2.26. The maximum Gasteiger partial charge on any atom is 0.243 e. The number of benzene rings is 3. The van der Waals surface area contributed by atoms with Crippen LogP contribution in [-0.4, -0.2) is 31.1 Å². The van der Waals surface area contributed by atoms with Gasteiger partial charge >= 0.3 is 0 Å². The summed E-state index contributed by atoms with van der Waals surface area (Å²) in [5.41, 5.74) is 1.60. The van der Waals surface area contributed by atoms with Gasteiger partial charge in [0.25, 0.3) is 0 Å². The first-order chi connectivity index (χ1) is 16.0. The first kappa shape index (κ1) is 26.2. The molecule has 7 nitrogen and oxygen atoms in total. The number of amides is 2. The average Bonchev–Trinajstić information content (AvgIpc) is 2.77. The number of halogens is 3. The van der Waals surface area contributed by atoms with E-state index in [-0.39, 0.29) is 22.4 Å². The van der Waals surface area contributed by atoms with Gasteiger partial charge in [0, 0.05) is 29.3 Å². The van der Waals surface area contributed by atoms with Crippen LogP contribution in [0.3, 0.4) is 0 Å². The zero-order chi connectivity index (χ0) is 24.9. The molecule has 0 atom stereocenters. The summed E-state index contributed by atoms with van der Waals surface area (Å²) >= 11 is 15.4. The largest absolute Gasteiger partial charge is 0.326 e. The minimum absolute atomic E-state index is 0.0446. The minimum Gasteiger partial charge on any atom is -0.326 e. The molecule has 0 heterocycles. The van der Waals surface area contributed by atoms with Crippen LogP contribution in [0.2, 0.25) is 10.0 Å². The Bertz CT molecular complexity index is 1300. The Labute approximate surface area is 216 Å². The van der Waals surface area contributed by atoms with Crippen molar-refractivity contribution in [1.29, 1.82) is 0 Å². The van der Waals surface area contributed by atoms with Crippen LogP contribution in [0.5, 0.6) is 0 Å². The topological polar surface area (TPSA) is 95.6 Å². The van der Waals surface area contributed by atoms with E-state index in [2.05, 4.69) is 26.6 Å². The number of hydrogen-bond acceptors (Lipinski definition) is 4. The quantitative estimate of drug-likeness (QED) is 0.363. The van der Waals surface area contributed by atoms with Crippen molar-refractivity contribution in [2.24, 2.45) is 0 Å². The molecule has 0 aliphatic carbocycles. The summed E-state index contributed by atoms with van der Waals surface area (Å²) in [5, 5.41) is 5.93. The Hall–Kier alpha value is -2.43. The number of carbonyl (C=O) groups is 2. The Morgan fingerprint density at radius 1 is 0.882 bits per heavy atom. The fourth-order valence-electron chi connectivity index (χ4n) is 3.02. The van der Waals surface area contributed by atoms with E-state index in [1.807, 2.05) is 0 Å². The predicted molar refractivity (Wildman–Crippen MR) is 138 cm³/mol. The van der Waals surface area contributed by atoms with E-state index in [4.69, 9.17) is 23.2 Å². The number of nitrogens with one attached hydrogen (secondary N) is 2. The average molecular weight is 585 g/mol. The highest BCUT2D eigenvalue weighted by atomic mass is 79.9. The Balaban J connectivity index is 1.83. The third kappa shape index (κ3) is 7.04. The van der Waals surface area contributed by atoms with Gasteiger partial charge in [0.05, 0.1) is 21.5 Å². The molecule has 0 aliphatic heterocycles. The summed E-state index contributed by atoms with van der Waals surface area (Å²) in [6.45, 7) is 0.861. The second-order valence-corrected chi connectivity index (χ2v) is 11.0. The van der Waals surface area contributed by atoms with Crippen LogP contribution in [0, 0.1) is 0 Å². The standard InChI is InChI=1S/C23H20BrCl2N3O4S/c1-15(30)27-18-5-7-19(8-6-18)28-23(31)14-29(13-16-2-11-21(25)22(26)12-16)34(32,33)20-9-3-17(24)4-10-20/h2-12H,13-14H2,1H3,(H,27,30)(H,28,31). The lowest BCUT2D eigenvalue weighted by Crippen LogP contribution is -2.37. The van der Waals surface area contributed by atoms with Crippen molar-refractivity contribution in [1.82, 2.24) is 4.31 Å². The summed E-state index contributed by atoms with van der Waals surface area (Å²) in [5.74, 6) is -0.749. The highest BCUT2D eigenvalue weighted by molar-refractivity contribution is 9.10. The van der Waals surface area contributed by atoms with Crippen molar-refractivity contribution in [2.45, 2.75) is 18.4 Å². The highest BCUT2D eigenvalue weighted by Gasteiger charge is 2.27. The Morgan fingerprint density at radius 2 is 1.47 bits per heavy atom. The van der Waals surface area contributed by atoms with Crippen LogP contribution in [0.15, 0.2) is 76.1 Å². The summed E-state index contributed by atoms with van der Waals surface area (Å²) in [6.07, 6.45) is 0. The molecule has 3 aromatic carbocycles. The molecular weight excluding hydrogens is 565 g/mol. The third-order valence-electron chi connectivity index (χ3n) is 4.60. The molecule has 2 amide bonds. The molecule has 34 heavy (non-hydrogen) atoms. The zero-order valence-corrected chi connectivity index (χ0v) is 21.8. The number of carbonyl (C=O) groups excluding carboxylic acids is 2. The maximum atomic E-state index is 13.4. The van der Waals surface area contributed by atoms with Gasteiger partial charge < -0.3 is 10.6 Å². The second-order valence-electron chi connectivity index (χ2n) is 7.28.